The van der Waals surface area contributed by atoms with Crippen LogP contribution in [0.5, 0.6) is 17.2 Å². The van der Waals surface area contributed by atoms with Crippen LogP contribution >= 0.6 is 0 Å². The van der Waals surface area contributed by atoms with Crippen LogP contribution in [-0.2, 0) is 14.9 Å². The van der Waals surface area contributed by atoms with Gasteiger partial charge in [0.2, 0.25) is 11.2 Å². The zero-order valence-electron chi connectivity index (χ0n) is 19.3. The maximum Gasteiger partial charge on any atom is 0.347 e. The Hall–Kier alpha value is -3.28. The van der Waals surface area contributed by atoms with E-state index in [1.54, 1.807) is 25.1 Å². The highest BCUT2D eigenvalue weighted by Crippen LogP contribution is 2.27. The van der Waals surface area contributed by atoms with Gasteiger partial charge >= 0.3 is 5.97 Å². The fraction of sp³-hybridized carbons (Fsp3) is 0.385. The lowest BCUT2D eigenvalue weighted by atomic mass is 9.87. The number of benzene rings is 2. The summed E-state index contributed by atoms with van der Waals surface area (Å²) in [5.41, 5.74) is 1.26. The summed E-state index contributed by atoms with van der Waals surface area (Å²) >= 11 is 0. The number of ether oxygens (including phenoxy) is 3. The molecule has 1 unspecified atom stereocenters. The van der Waals surface area contributed by atoms with Crippen LogP contribution in [-0.4, -0.2) is 18.7 Å². The van der Waals surface area contributed by atoms with Gasteiger partial charge in [0.15, 0.2) is 6.10 Å². The molecule has 32 heavy (non-hydrogen) atoms. The fourth-order valence-electron chi connectivity index (χ4n) is 3.07. The monoisotopic (exact) mass is 438 g/mol. The van der Waals surface area contributed by atoms with Gasteiger partial charge in [-0.2, -0.15) is 0 Å². The van der Waals surface area contributed by atoms with E-state index < -0.39 is 12.1 Å². The van der Waals surface area contributed by atoms with E-state index in [9.17, 15) is 9.59 Å². The van der Waals surface area contributed by atoms with Crippen molar-refractivity contribution in [3.63, 3.8) is 0 Å². The Morgan fingerprint density at radius 2 is 1.75 bits per heavy atom. The molecule has 0 amide bonds. The van der Waals surface area contributed by atoms with Gasteiger partial charge in [0.1, 0.15) is 23.3 Å². The normalized spacial score (nSPS) is 12.4. The number of carbonyl (C=O) groups is 1. The molecule has 170 valence electrons. The Bertz CT molecular complexity index is 1120. The molecule has 0 N–H and O–H groups in total. The van der Waals surface area contributed by atoms with Crippen molar-refractivity contribution in [1.82, 2.24) is 0 Å². The lowest BCUT2D eigenvalue weighted by molar-refractivity contribution is -0.151. The number of esters is 1. The maximum absolute atomic E-state index is 12.8. The molecule has 0 saturated heterocycles. The van der Waals surface area contributed by atoms with Crippen LogP contribution in [0.1, 0.15) is 53.0 Å². The second-order valence-corrected chi connectivity index (χ2v) is 8.74. The molecule has 0 spiro atoms. The largest absolute Gasteiger partial charge is 0.479 e. The maximum atomic E-state index is 12.8. The number of unbranched alkanes of at least 4 members (excludes halogenated alkanes) is 1. The van der Waals surface area contributed by atoms with Crippen LogP contribution in [0.2, 0.25) is 0 Å². The molecule has 0 fully saturated rings. The zero-order chi connectivity index (χ0) is 23.3. The van der Waals surface area contributed by atoms with Crippen LogP contribution in [0.4, 0.5) is 0 Å². The molecule has 6 heteroatoms. The summed E-state index contributed by atoms with van der Waals surface area (Å²) in [6.07, 6.45) is 2.27. The van der Waals surface area contributed by atoms with Gasteiger partial charge in [0, 0.05) is 6.07 Å². The second kappa shape index (κ2) is 9.90. The van der Waals surface area contributed by atoms with Crippen molar-refractivity contribution < 1.29 is 23.4 Å². The average Bonchev–Trinajstić information content (AvgIpc) is 2.75. The molecule has 0 saturated carbocycles. The van der Waals surface area contributed by atoms with Crippen LogP contribution in [0.15, 0.2) is 57.9 Å². The highest BCUT2D eigenvalue weighted by molar-refractivity contribution is 5.79. The van der Waals surface area contributed by atoms with Crippen LogP contribution in [0, 0.1) is 0 Å². The first-order valence-electron chi connectivity index (χ1n) is 10.9. The molecular weight excluding hydrogens is 408 g/mol. The molecule has 0 aliphatic carbocycles. The van der Waals surface area contributed by atoms with Gasteiger partial charge in [0.25, 0.3) is 0 Å². The van der Waals surface area contributed by atoms with Crippen molar-refractivity contribution in [2.75, 3.05) is 6.61 Å². The Balaban J connectivity index is 1.74. The molecule has 1 atom stereocenters. The van der Waals surface area contributed by atoms with Crippen molar-refractivity contribution in [3.8, 4) is 17.2 Å². The molecule has 3 aromatic rings. The smallest absolute Gasteiger partial charge is 0.347 e. The number of hydrogen-bond acceptors (Lipinski definition) is 6. The molecule has 0 aliphatic rings. The van der Waals surface area contributed by atoms with Crippen molar-refractivity contribution in [2.24, 2.45) is 0 Å². The van der Waals surface area contributed by atoms with E-state index in [4.69, 9.17) is 18.6 Å². The van der Waals surface area contributed by atoms with Crippen molar-refractivity contribution in [3.05, 3.63) is 64.5 Å². The van der Waals surface area contributed by atoms with Crippen molar-refractivity contribution in [1.29, 1.82) is 0 Å². The minimum atomic E-state index is -0.769. The van der Waals surface area contributed by atoms with Gasteiger partial charge in [-0.15, -0.1) is 0 Å². The van der Waals surface area contributed by atoms with Crippen LogP contribution in [0.3, 0.4) is 0 Å². The molecule has 2 aromatic carbocycles. The quantitative estimate of drug-likeness (QED) is 0.317. The fourth-order valence-corrected chi connectivity index (χ4v) is 3.07. The lowest BCUT2D eigenvalue weighted by Crippen LogP contribution is -2.26. The van der Waals surface area contributed by atoms with Gasteiger partial charge < -0.3 is 18.6 Å². The number of hydrogen-bond donors (Lipinski definition) is 0. The summed E-state index contributed by atoms with van der Waals surface area (Å²) in [6, 6.07) is 12.4. The van der Waals surface area contributed by atoms with Crippen LogP contribution in [0.25, 0.3) is 11.0 Å². The molecule has 1 heterocycles. The van der Waals surface area contributed by atoms with E-state index >= 15 is 0 Å². The van der Waals surface area contributed by atoms with E-state index in [1.165, 1.54) is 11.8 Å². The summed E-state index contributed by atoms with van der Waals surface area (Å²) in [5.74, 6) is 0.635. The first-order chi connectivity index (χ1) is 15.2. The summed E-state index contributed by atoms with van der Waals surface area (Å²) in [6.45, 7) is 10.4. The lowest BCUT2D eigenvalue weighted by Gasteiger charge is -2.19. The molecule has 0 bridgehead atoms. The Morgan fingerprint density at radius 3 is 2.41 bits per heavy atom. The molecule has 3 rings (SSSR count). The predicted octanol–water partition coefficient (Wildman–Crippen LogP) is 5.99. The van der Waals surface area contributed by atoms with E-state index in [0.29, 0.717) is 29.1 Å². The highest BCUT2D eigenvalue weighted by atomic mass is 16.6. The Labute approximate surface area is 188 Å². The van der Waals surface area contributed by atoms with E-state index in [-0.39, 0.29) is 16.6 Å². The zero-order valence-corrected chi connectivity index (χ0v) is 19.3. The summed E-state index contributed by atoms with van der Waals surface area (Å²) in [4.78, 5) is 24.8. The van der Waals surface area contributed by atoms with E-state index in [2.05, 4.69) is 20.8 Å². The third-order valence-electron chi connectivity index (χ3n) is 5.05. The summed E-state index contributed by atoms with van der Waals surface area (Å²) in [5, 5.41) is 0.360. The van der Waals surface area contributed by atoms with Gasteiger partial charge in [0.05, 0.1) is 12.0 Å². The Kier molecular flexibility index (Phi) is 7.23. The number of rotatable bonds is 8. The number of fused-ring (bicyclic) bond motifs is 1. The third kappa shape index (κ3) is 5.69. The number of carbonyl (C=O) groups excluding carboxylic acids is 1. The van der Waals surface area contributed by atoms with Gasteiger partial charge in [-0.1, -0.05) is 46.2 Å². The summed E-state index contributed by atoms with van der Waals surface area (Å²) in [7, 11) is 0. The van der Waals surface area contributed by atoms with Gasteiger partial charge in [-0.3, -0.25) is 4.79 Å². The van der Waals surface area contributed by atoms with Gasteiger partial charge in [-0.25, -0.2) is 4.79 Å². The SMILES string of the molecule is CCCCOC(=O)C(C)Oc1ccc2c(=O)c(Oc3ccc(C(C)(C)C)cc3)coc2c1. The van der Waals surface area contributed by atoms with Gasteiger partial charge in [-0.05, 0) is 48.6 Å². The van der Waals surface area contributed by atoms with E-state index in [1.807, 2.05) is 31.2 Å². The summed E-state index contributed by atoms with van der Waals surface area (Å²) < 4.78 is 22.2. The standard InChI is InChI=1S/C26H30O6/c1-6-7-14-29-25(28)17(2)31-20-12-13-21-22(15-20)30-16-23(24(21)27)32-19-10-8-18(9-11-19)26(3,4)5/h8-13,15-17H,6-7,14H2,1-5H3. The average molecular weight is 439 g/mol. The molecule has 0 radical (unpaired) electrons. The molecule has 1 aromatic heterocycles. The van der Waals surface area contributed by atoms with E-state index in [0.717, 1.165) is 12.8 Å². The van der Waals surface area contributed by atoms with Crippen molar-refractivity contribution in [2.45, 2.75) is 59.0 Å². The third-order valence-corrected chi connectivity index (χ3v) is 5.05. The second-order valence-electron chi connectivity index (χ2n) is 8.74. The topological polar surface area (TPSA) is 75.0 Å². The minimum Gasteiger partial charge on any atom is -0.479 e. The minimum absolute atomic E-state index is 0.0318. The molecule has 6 nitrogen and oxygen atoms in total. The Morgan fingerprint density at radius 1 is 1.06 bits per heavy atom. The first-order valence-corrected chi connectivity index (χ1v) is 10.9. The first kappa shape index (κ1) is 23.4. The predicted molar refractivity (Wildman–Crippen MR) is 124 cm³/mol. The van der Waals surface area contributed by atoms with Crippen LogP contribution < -0.4 is 14.9 Å². The highest BCUT2D eigenvalue weighted by Gasteiger charge is 2.18. The van der Waals surface area contributed by atoms with Crippen molar-refractivity contribution >= 4 is 16.9 Å². The molecule has 0 aliphatic heterocycles. The molecular formula is C26H30O6.